The van der Waals surface area contributed by atoms with E-state index in [2.05, 4.69) is 4.98 Å². The van der Waals surface area contributed by atoms with E-state index in [-0.39, 0.29) is 5.57 Å². The third-order valence-corrected chi connectivity index (χ3v) is 6.10. The average molecular weight is 479 g/mol. The van der Waals surface area contributed by atoms with Gasteiger partial charge in [0, 0.05) is 11.6 Å². The Bertz CT molecular complexity index is 1240. The number of carbonyl (C=O) groups excluding carboxylic acids is 2. The summed E-state index contributed by atoms with van der Waals surface area (Å²) in [6.07, 6.45) is 4.52. The number of methoxy groups -OCH3 is 3. The van der Waals surface area contributed by atoms with Crippen LogP contribution in [-0.2, 0) is 9.59 Å². The second-order valence-corrected chi connectivity index (χ2v) is 8.09. The van der Waals surface area contributed by atoms with Crippen LogP contribution in [0.3, 0.4) is 0 Å². The Morgan fingerprint density at radius 3 is 2.32 bits per heavy atom. The number of hydrogen-bond donors (Lipinski definition) is 1. The number of ketones is 1. The maximum atomic E-state index is 13.3. The molecular formula is C25H22N2O6S. The molecule has 3 aromatic rings. The van der Waals surface area contributed by atoms with Gasteiger partial charge in [-0.15, -0.1) is 11.3 Å². The minimum absolute atomic E-state index is 0.0679. The predicted octanol–water partition coefficient (Wildman–Crippen LogP) is 4.35. The number of ether oxygens (including phenoxy) is 3. The molecule has 1 aliphatic rings. The van der Waals surface area contributed by atoms with Gasteiger partial charge in [0.05, 0.1) is 32.9 Å². The fraction of sp³-hybridized carbons (Fsp3) is 0.160. The Morgan fingerprint density at radius 2 is 1.76 bits per heavy atom. The molecule has 9 heteroatoms. The van der Waals surface area contributed by atoms with Gasteiger partial charge in [-0.05, 0) is 29.3 Å². The van der Waals surface area contributed by atoms with Gasteiger partial charge in [-0.1, -0.05) is 36.4 Å². The van der Waals surface area contributed by atoms with E-state index in [1.807, 2.05) is 30.3 Å². The van der Waals surface area contributed by atoms with Gasteiger partial charge in [0.15, 0.2) is 28.2 Å². The van der Waals surface area contributed by atoms with E-state index in [1.54, 1.807) is 29.8 Å². The molecule has 0 bridgehead atoms. The molecule has 0 radical (unpaired) electrons. The monoisotopic (exact) mass is 478 g/mol. The molecule has 1 aromatic heterocycles. The van der Waals surface area contributed by atoms with Crippen LogP contribution in [0.15, 0.2) is 71.4 Å². The number of aliphatic hydroxyl groups is 1. The summed E-state index contributed by atoms with van der Waals surface area (Å²) in [4.78, 5) is 32.0. The maximum Gasteiger partial charge on any atom is 0.296 e. The Hall–Kier alpha value is -4.11. The summed E-state index contributed by atoms with van der Waals surface area (Å²) < 4.78 is 16.3. The number of hydrogen-bond acceptors (Lipinski definition) is 8. The van der Waals surface area contributed by atoms with Crippen LogP contribution in [0.1, 0.15) is 17.2 Å². The van der Waals surface area contributed by atoms with E-state index in [0.717, 1.165) is 5.56 Å². The summed E-state index contributed by atoms with van der Waals surface area (Å²) in [5, 5.41) is 12.9. The van der Waals surface area contributed by atoms with Crippen LogP contribution in [0.5, 0.6) is 17.2 Å². The van der Waals surface area contributed by atoms with Gasteiger partial charge < -0.3 is 19.3 Å². The molecule has 8 nitrogen and oxygen atoms in total. The molecule has 0 saturated heterocycles. The molecule has 0 saturated carbocycles. The lowest BCUT2D eigenvalue weighted by Gasteiger charge is -2.25. The number of thiazole rings is 1. The zero-order valence-electron chi connectivity index (χ0n) is 18.7. The fourth-order valence-electron chi connectivity index (χ4n) is 3.79. The first-order valence-corrected chi connectivity index (χ1v) is 11.1. The van der Waals surface area contributed by atoms with Crippen LogP contribution in [0.4, 0.5) is 5.13 Å². The molecule has 4 rings (SSSR count). The number of rotatable bonds is 8. The Labute approximate surface area is 200 Å². The van der Waals surface area contributed by atoms with Gasteiger partial charge in [0.2, 0.25) is 5.75 Å². The molecule has 1 atom stereocenters. The van der Waals surface area contributed by atoms with Crippen LogP contribution in [0, 0.1) is 0 Å². The van der Waals surface area contributed by atoms with Crippen LogP contribution < -0.4 is 19.1 Å². The molecule has 0 spiro atoms. The first kappa shape index (κ1) is 23.1. The highest BCUT2D eigenvalue weighted by Gasteiger charge is 2.45. The lowest BCUT2D eigenvalue weighted by Crippen LogP contribution is -2.30. The highest BCUT2D eigenvalue weighted by molar-refractivity contribution is 7.13. The Morgan fingerprint density at radius 1 is 1.09 bits per heavy atom. The normalized spacial score (nSPS) is 15.8. The van der Waals surface area contributed by atoms with Crippen molar-refractivity contribution in [2.45, 2.75) is 6.04 Å². The molecule has 0 aliphatic carbocycles. The van der Waals surface area contributed by atoms with E-state index >= 15 is 0 Å². The van der Waals surface area contributed by atoms with Gasteiger partial charge in [0.1, 0.15) is 0 Å². The number of benzene rings is 2. The van der Waals surface area contributed by atoms with Crippen molar-refractivity contribution in [3.8, 4) is 17.2 Å². The van der Waals surface area contributed by atoms with E-state index < -0.39 is 23.5 Å². The summed E-state index contributed by atoms with van der Waals surface area (Å²) in [5.41, 5.74) is 1.22. The maximum absolute atomic E-state index is 13.3. The van der Waals surface area contributed by atoms with Crippen molar-refractivity contribution < 1.29 is 28.9 Å². The standard InChI is InChI=1S/C25H22N2O6S/c1-31-18-13-16(14-19(32-2)23(18)33-3)21-20(17(28)10-9-15-7-5-4-6-8-15)22(29)24(30)27(21)25-26-11-12-34-25/h4-14,21,29H,1-3H3/b10-9+/t21-/m1/s1. The molecular weight excluding hydrogens is 456 g/mol. The number of allylic oxidation sites excluding steroid dienone is 1. The second-order valence-electron chi connectivity index (χ2n) is 7.22. The molecule has 1 amide bonds. The molecule has 0 fully saturated rings. The Balaban J connectivity index is 1.85. The van der Waals surface area contributed by atoms with Gasteiger partial charge in [-0.3, -0.25) is 14.5 Å². The average Bonchev–Trinajstić information content (AvgIpc) is 3.48. The van der Waals surface area contributed by atoms with Crippen molar-refractivity contribution in [1.82, 2.24) is 4.98 Å². The number of anilines is 1. The van der Waals surface area contributed by atoms with Gasteiger partial charge in [-0.2, -0.15) is 0 Å². The predicted molar refractivity (Wildman–Crippen MR) is 129 cm³/mol. The number of aliphatic hydroxyl groups excluding tert-OH is 1. The molecule has 2 heterocycles. The summed E-state index contributed by atoms with van der Waals surface area (Å²) in [5.74, 6) is -0.791. The second kappa shape index (κ2) is 9.80. The van der Waals surface area contributed by atoms with E-state index in [9.17, 15) is 14.7 Å². The quantitative estimate of drug-likeness (QED) is 0.481. The third kappa shape index (κ3) is 4.13. The van der Waals surface area contributed by atoms with Crippen LogP contribution in [0.2, 0.25) is 0 Å². The van der Waals surface area contributed by atoms with Crippen molar-refractivity contribution in [3.05, 3.63) is 82.6 Å². The summed E-state index contributed by atoms with van der Waals surface area (Å²) in [6, 6.07) is 11.6. The van der Waals surface area contributed by atoms with Crippen LogP contribution in [0.25, 0.3) is 6.08 Å². The highest BCUT2D eigenvalue weighted by Crippen LogP contribution is 2.46. The van der Waals surface area contributed by atoms with E-state index in [1.165, 1.54) is 43.6 Å². The van der Waals surface area contributed by atoms with Crippen molar-refractivity contribution in [2.75, 3.05) is 26.2 Å². The van der Waals surface area contributed by atoms with Crippen molar-refractivity contribution in [2.24, 2.45) is 0 Å². The van der Waals surface area contributed by atoms with Gasteiger partial charge in [-0.25, -0.2) is 4.98 Å². The van der Waals surface area contributed by atoms with Crippen LogP contribution in [-0.4, -0.2) is 43.1 Å². The summed E-state index contributed by atoms with van der Waals surface area (Å²) in [7, 11) is 4.43. The summed E-state index contributed by atoms with van der Waals surface area (Å²) in [6.45, 7) is 0. The molecule has 1 aliphatic heterocycles. The van der Waals surface area contributed by atoms with Crippen molar-refractivity contribution >= 4 is 34.2 Å². The molecule has 174 valence electrons. The number of amides is 1. The Kier molecular flexibility index (Phi) is 6.65. The van der Waals surface area contributed by atoms with E-state index in [0.29, 0.717) is 27.9 Å². The van der Waals surface area contributed by atoms with Crippen molar-refractivity contribution in [1.29, 1.82) is 0 Å². The fourth-order valence-corrected chi connectivity index (χ4v) is 4.46. The van der Waals surface area contributed by atoms with Gasteiger partial charge >= 0.3 is 0 Å². The highest BCUT2D eigenvalue weighted by atomic mass is 32.1. The molecule has 0 unspecified atom stereocenters. The lowest BCUT2D eigenvalue weighted by molar-refractivity contribution is -0.117. The number of aromatic nitrogens is 1. The topological polar surface area (TPSA) is 98.2 Å². The molecule has 2 aromatic carbocycles. The number of carbonyl (C=O) groups is 2. The van der Waals surface area contributed by atoms with E-state index in [4.69, 9.17) is 14.2 Å². The minimum atomic E-state index is -0.958. The lowest BCUT2D eigenvalue weighted by atomic mass is 9.95. The first-order chi connectivity index (χ1) is 16.5. The van der Waals surface area contributed by atoms with Crippen molar-refractivity contribution in [3.63, 3.8) is 0 Å². The van der Waals surface area contributed by atoms with Crippen LogP contribution >= 0.6 is 11.3 Å². The molecule has 1 N–H and O–H groups in total. The largest absolute Gasteiger partial charge is 0.503 e. The first-order valence-electron chi connectivity index (χ1n) is 10.2. The third-order valence-electron chi connectivity index (χ3n) is 5.33. The molecule has 34 heavy (non-hydrogen) atoms. The zero-order chi connectivity index (χ0) is 24.2. The smallest absolute Gasteiger partial charge is 0.296 e. The zero-order valence-corrected chi connectivity index (χ0v) is 19.5. The minimum Gasteiger partial charge on any atom is -0.503 e. The van der Waals surface area contributed by atoms with Gasteiger partial charge in [0.25, 0.3) is 5.91 Å². The summed E-state index contributed by atoms with van der Waals surface area (Å²) >= 11 is 1.22. The SMILES string of the molecule is COc1cc([C@@H]2C(C(=O)/C=C/c3ccccc3)=C(O)C(=O)N2c2nccs2)cc(OC)c1OC. The number of nitrogens with zero attached hydrogens (tertiary/aromatic N) is 2.